The van der Waals surface area contributed by atoms with E-state index >= 15 is 0 Å². The molecule has 2 aromatic carbocycles. The molecule has 2 aromatic rings. The first-order valence-electron chi connectivity index (χ1n) is 10.1. The lowest BCUT2D eigenvalue weighted by atomic mass is 9.93. The van der Waals surface area contributed by atoms with Crippen LogP contribution in [0.25, 0.3) is 5.76 Å². The normalized spacial score (nSPS) is 17.8. The van der Waals surface area contributed by atoms with E-state index in [1.165, 1.54) is 18.1 Å². The van der Waals surface area contributed by atoms with Gasteiger partial charge in [0.05, 0.1) is 25.8 Å². The minimum atomic E-state index is -0.828. The Hall–Kier alpha value is -3.52. The van der Waals surface area contributed by atoms with Gasteiger partial charge < -0.3 is 29.5 Å². The number of likely N-dealkylation sites (tertiary alicyclic amines) is 1. The van der Waals surface area contributed by atoms with Crippen molar-refractivity contribution in [1.29, 1.82) is 0 Å². The fraction of sp³-hybridized carbons (Fsp3) is 0.333. The van der Waals surface area contributed by atoms with Crippen molar-refractivity contribution in [3.8, 4) is 17.2 Å². The van der Waals surface area contributed by atoms with Crippen molar-refractivity contribution in [3.63, 3.8) is 0 Å². The van der Waals surface area contributed by atoms with Gasteiger partial charge in [0.15, 0.2) is 11.5 Å². The van der Waals surface area contributed by atoms with Crippen molar-refractivity contribution in [3.05, 3.63) is 58.7 Å². The van der Waals surface area contributed by atoms with Crippen LogP contribution in [0.3, 0.4) is 0 Å². The number of rotatable bonds is 7. The summed E-state index contributed by atoms with van der Waals surface area (Å²) in [7, 11) is 6.71. The molecule has 8 heteroatoms. The summed E-state index contributed by atoms with van der Waals surface area (Å²) in [5.41, 5.74) is 1.68. The van der Waals surface area contributed by atoms with E-state index in [1.807, 2.05) is 19.0 Å². The molecule has 0 unspecified atom stereocenters. The lowest BCUT2D eigenvalue weighted by molar-refractivity contribution is -0.140. The molecule has 170 valence electrons. The SMILES string of the molecule is COc1ccc(C(O)=C2C(=O)C(=O)N(CCN(C)C)[C@H]2c2ccc(O)c(OC)c2)c(C)c1. The van der Waals surface area contributed by atoms with E-state index in [-0.39, 0.29) is 29.4 Å². The van der Waals surface area contributed by atoms with Crippen LogP contribution in [0.5, 0.6) is 17.2 Å². The van der Waals surface area contributed by atoms with Gasteiger partial charge in [0.2, 0.25) is 0 Å². The molecule has 0 spiro atoms. The topological polar surface area (TPSA) is 99.5 Å². The number of carbonyl (C=O) groups excluding carboxylic acids is 2. The summed E-state index contributed by atoms with van der Waals surface area (Å²) in [4.78, 5) is 29.4. The molecule has 1 saturated heterocycles. The summed E-state index contributed by atoms with van der Waals surface area (Å²) in [5.74, 6) is -0.933. The molecule has 0 aromatic heterocycles. The predicted octanol–water partition coefficient (Wildman–Crippen LogP) is 2.70. The molecule has 1 aliphatic heterocycles. The number of likely N-dealkylation sites (N-methyl/N-ethyl adjacent to an activating group) is 1. The number of aryl methyl sites for hydroxylation is 1. The zero-order valence-corrected chi connectivity index (χ0v) is 18.9. The number of amides is 1. The summed E-state index contributed by atoms with van der Waals surface area (Å²) >= 11 is 0. The van der Waals surface area contributed by atoms with Crippen molar-refractivity contribution < 1.29 is 29.3 Å². The molecule has 1 heterocycles. The highest BCUT2D eigenvalue weighted by molar-refractivity contribution is 6.46. The monoisotopic (exact) mass is 440 g/mol. The average Bonchev–Trinajstić information content (AvgIpc) is 3.02. The first kappa shape index (κ1) is 23.1. The second kappa shape index (κ2) is 9.32. The van der Waals surface area contributed by atoms with Gasteiger partial charge in [0, 0.05) is 18.7 Å². The van der Waals surface area contributed by atoms with E-state index < -0.39 is 17.7 Å². The number of aliphatic hydroxyl groups is 1. The second-order valence-corrected chi connectivity index (χ2v) is 7.91. The Morgan fingerprint density at radius 1 is 1.09 bits per heavy atom. The van der Waals surface area contributed by atoms with Crippen molar-refractivity contribution in [1.82, 2.24) is 9.80 Å². The van der Waals surface area contributed by atoms with Gasteiger partial charge in [-0.05, 0) is 62.5 Å². The number of carbonyl (C=O) groups is 2. The highest BCUT2D eigenvalue weighted by Gasteiger charge is 2.46. The lowest BCUT2D eigenvalue weighted by Gasteiger charge is -2.27. The molecule has 2 N–H and O–H groups in total. The van der Waals surface area contributed by atoms with Crippen LogP contribution < -0.4 is 9.47 Å². The molecule has 1 amide bonds. The quantitative estimate of drug-likeness (QED) is 0.388. The van der Waals surface area contributed by atoms with Crippen LogP contribution in [0.1, 0.15) is 22.7 Å². The maximum Gasteiger partial charge on any atom is 0.295 e. The van der Waals surface area contributed by atoms with E-state index in [9.17, 15) is 19.8 Å². The van der Waals surface area contributed by atoms with Crippen molar-refractivity contribution >= 4 is 17.4 Å². The average molecular weight is 440 g/mol. The molecule has 1 fully saturated rings. The van der Waals surface area contributed by atoms with Gasteiger partial charge in [-0.3, -0.25) is 9.59 Å². The van der Waals surface area contributed by atoms with Gasteiger partial charge in [-0.1, -0.05) is 6.07 Å². The first-order chi connectivity index (χ1) is 15.2. The maximum atomic E-state index is 13.1. The molecule has 0 bridgehead atoms. The summed E-state index contributed by atoms with van der Waals surface area (Å²) in [6.07, 6.45) is 0. The van der Waals surface area contributed by atoms with Gasteiger partial charge in [-0.15, -0.1) is 0 Å². The third-order valence-electron chi connectivity index (χ3n) is 5.54. The second-order valence-electron chi connectivity index (χ2n) is 7.91. The Kier molecular flexibility index (Phi) is 6.74. The Balaban J connectivity index is 2.20. The highest BCUT2D eigenvalue weighted by Crippen LogP contribution is 2.42. The van der Waals surface area contributed by atoms with E-state index in [0.29, 0.717) is 29.0 Å². The maximum absolute atomic E-state index is 13.1. The zero-order valence-electron chi connectivity index (χ0n) is 18.9. The molecular weight excluding hydrogens is 412 g/mol. The molecule has 0 radical (unpaired) electrons. The Bertz CT molecular complexity index is 1080. The third-order valence-corrected chi connectivity index (χ3v) is 5.54. The smallest absolute Gasteiger partial charge is 0.295 e. The van der Waals surface area contributed by atoms with Gasteiger partial charge >= 0.3 is 0 Å². The number of benzene rings is 2. The lowest BCUT2D eigenvalue weighted by Crippen LogP contribution is -2.35. The Morgan fingerprint density at radius 3 is 2.41 bits per heavy atom. The van der Waals surface area contributed by atoms with Crippen LogP contribution in [0.4, 0.5) is 0 Å². The Morgan fingerprint density at radius 2 is 1.81 bits per heavy atom. The summed E-state index contributed by atoms with van der Waals surface area (Å²) in [6.45, 7) is 2.60. The third kappa shape index (κ3) is 4.27. The van der Waals surface area contributed by atoms with Crippen LogP contribution in [0, 0.1) is 6.92 Å². The highest BCUT2D eigenvalue weighted by atomic mass is 16.5. The molecule has 1 atom stereocenters. The fourth-order valence-electron chi connectivity index (χ4n) is 3.80. The summed E-state index contributed by atoms with van der Waals surface area (Å²) < 4.78 is 10.4. The number of methoxy groups -OCH3 is 2. The largest absolute Gasteiger partial charge is 0.507 e. The first-order valence-corrected chi connectivity index (χ1v) is 10.1. The molecular formula is C24H28N2O6. The van der Waals surface area contributed by atoms with E-state index in [0.717, 1.165) is 0 Å². The van der Waals surface area contributed by atoms with Crippen molar-refractivity contribution in [2.45, 2.75) is 13.0 Å². The number of nitrogens with zero attached hydrogens (tertiary/aromatic N) is 2. The van der Waals surface area contributed by atoms with Gasteiger partial charge in [0.25, 0.3) is 11.7 Å². The molecule has 3 rings (SSSR count). The van der Waals surface area contributed by atoms with E-state index in [1.54, 1.807) is 44.4 Å². The van der Waals surface area contributed by atoms with Crippen molar-refractivity contribution in [2.24, 2.45) is 0 Å². The van der Waals surface area contributed by atoms with E-state index in [2.05, 4.69) is 0 Å². The van der Waals surface area contributed by atoms with Crippen LogP contribution in [-0.2, 0) is 9.59 Å². The number of ether oxygens (including phenoxy) is 2. The van der Waals surface area contributed by atoms with Crippen LogP contribution in [-0.4, -0.2) is 73.1 Å². The minimum Gasteiger partial charge on any atom is -0.507 e. The van der Waals surface area contributed by atoms with Crippen LogP contribution in [0.2, 0.25) is 0 Å². The van der Waals surface area contributed by atoms with Gasteiger partial charge in [-0.2, -0.15) is 0 Å². The fourth-order valence-corrected chi connectivity index (χ4v) is 3.80. The van der Waals surface area contributed by atoms with Crippen molar-refractivity contribution in [2.75, 3.05) is 41.4 Å². The Labute approximate surface area is 187 Å². The number of ketones is 1. The standard InChI is InChI=1S/C24H28N2O6/c1-14-12-16(31-4)7-8-17(14)22(28)20-21(15-6-9-18(27)19(13-15)32-5)26(11-10-25(2)3)24(30)23(20)29/h6-9,12-13,21,27-28H,10-11H2,1-5H3/t21-/m0/s1. The van der Waals surface area contributed by atoms with Gasteiger partial charge in [0.1, 0.15) is 11.5 Å². The molecule has 0 aliphatic carbocycles. The molecule has 8 nitrogen and oxygen atoms in total. The number of hydrogen-bond acceptors (Lipinski definition) is 7. The molecule has 0 saturated carbocycles. The number of aromatic hydroxyl groups is 1. The number of hydrogen-bond donors (Lipinski definition) is 2. The summed E-state index contributed by atoms with van der Waals surface area (Å²) in [6, 6.07) is 8.89. The van der Waals surface area contributed by atoms with Crippen LogP contribution in [0.15, 0.2) is 42.0 Å². The predicted molar refractivity (Wildman–Crippen MR) is 120 cm³/mol. The number of Topliss-reactive ketones (excluding diaryl/α,β-unsaturated/α-hetero) is 1. The molecule has 1 aliphatic rings. The zero-order chi connectivity index (χ0) is 23.6. The summed E-state index contributed by atoms with van der Waals surface area (Å²) in [5, 5.41) is 21.2. The number of phenols is 1. The van der Waals surface area contributed by atoms with Gasteiger partial charge in [-0.25, -0.2) is 0 Å². The van der Waals surface area contributed by atoms with E-state index in [4.69, 9.17) is 9.47 Å². The van der Waals surface area contributed by atoms with Crippen LogP contribution >= 0.6 is 0 Å². The molecule has 32 heavy (non-hydrogen) atoms. The minimum absolute atomic E-state index is 0.00485. The number of aliphatic hydroxyl groups excluding tert-OH is 1. The number of phenolic OH excluding ortho intramolecular Hbond substituents is 1.